The van der Waals surface area contributed by atoms with Crippen molar-refractivity contribution in [3.8, 4) is 5.88 Å². The highest BCUT2D eigenvalue weighted by Crippen LogP contribution is 2.08. The summed E-state index contributed by atoms with van der Waals surface area (Å²) < 4.78 is 5.08. The van der Waals surface area contributed by atoms with Crippen LogP contribution in [0.5, 0.6) is 5.88 Å². The first-order valence-electron chi connectivity index (χ1n) is 8.86. The number of allylic oxidation sites excluding steroid dienone is 3. The molecule has 1 aromatic rings. The second-order valence-corrected chi connectivity index (χ2v) is 5.74. The van der Waals surface area contributed by atoms with Gasteiger partial charge < -0.3 is 10.1 Å². The second-order valence-electron chi connectivity index (χ2n) is 5.74. The van der Waals surface area contributed by atoms with Gasteiger partial charge in [-0.3, -0.25) is 4.79 Å². The Hall–Kier alpha value is -2.10. The topological polar surface area (TPSA) is 51.2 Å². The summed E-state index contributed by atoms with van der Waals surface area (Å²) in [4.78, 5) is 15.8. The molecule has 0 unspecified atom stereocenters. The van der Waals surface area contributed by atoms with E-state index in [2.05, 4.69) is 23.3 Å². The van der Waals surface area contributed by atoms with Crippen molar-refractivity contribution in [3.63, 3.8) is 0 Å². The van der Waals surface area contributed by atoms with Crippen molar-refractivity contribution in [2.45, 2.75) is 51.9 Å². The lowest BCUT2D eigenvalue weighted by atomic mass is 10.1. The van der Waals surface area contributed by atoms with E-state index in [-0.39, 0.29) is 5.91 Å². The van der Waals surface area contributed by atoms with E-state index in [0.717, 1.165) is 18.4 Å². The molecule has 1 amide bonds. The fourth-order valence-corrected chi connectivity index (χ4v) is 2.29. The molecule has 0 spiro atoms. The van der Waals surface area contributed by atoms with E-state index in [1.165, 1.54) is 32.1 Å². The molecule has 0 aromatic carbocycles. The van der Waals surface area contributed by atoms with Gasteiger partial charge in [0.05, 0.1) is 7.11 Å². The largest absolute Gasteiger partial charge is 0.481 e. The Kier molecular flexibility index (Phi) is 11.1. The molecule has 1 aromatic heterocycles. The zero-order valence-corrected chi connectivity index (χ0v) is 15.0. The van der Waals surface area contributed by atoms with Crippen LogP contribution in [0.1, 0.15) is 51.0 Å². The smallest absolute Gasteiger partial charge is 0.243 e. The third kappa shape index (κ3) is 9.82. The third-order valence-corrected chi connectivity index (χ3v) is 3.69. The van der Waals surface area contributed by atoms with Crippen LogP contribution >= 0.6 is 0 Å². The maximum atomic E-state index is 11.7. The number of hydrogen-bond acceptors (Lipinski definition) is 3. The average molecular weight is 330 g/mol. The van der Waals surface area contributed by atoms with Gasteiger partial charge in [-0.1, -0.05) is 50.8 Å². The molecule has 0 aliphatic rings. The molecule has 132 valence electrons. The summed E-state index contributed by atoms with van der Waals surface area (Å²) in [6, 6.07) is 3.80. The summed E-state index contributed by atoms with van der Waals surface area (Å²) >= 11 is 0. The SMILES string of the molecule is CCCCCCC/C=C/C=C/C(=O)NCCc1ccnc(OC)c1. The maximum Gasteiger partial charge on any atom is 0.243 e. The normalized spacial score (nSPS) is 11.2. The summed E-state index contributed by atoms with van der Waals surface area (Å²) in [6.45, 7) is 2.82. The van der Waals surface area contributed by atoms with Crippen molar-refractivity contribution in [3.05, 3.63) is 48.2 Å². The molecule has 0 radical (unpaired) electrons. The number of rotatable bonds is 12. The Morgan fingerprint density at radius 2 is 2.08 bits per heavy atom. The van der Waals surface area contributed by atoms with Crippen LogP contribution in [0.3, 0.4) is 0 Å². The van der Waals surface area contributed by atoms with Crippen molar-refractivity contribution >= 4 is 5.91 Å². The molecule has 0 saturated heterocycles. The van der Waals surface area contributed by atoms with Gasteiger partial charge in [0.2, 0.25) is 11.8 Å². The van der Waals surface area contributed by atoms with Gasteiger partial charge in [-0.15, -0.1) is 0 Å². The van der Waals surface area contributed by atoms with Gasteiger partial charge in [0, 0.05) is 24.9 Å². The molecule has 0 saturated carbocycles. The molecule has 1 N–H and O–H groups in total. The number of nitrogens with zero attached hydrogens (tertiary/aromatic N) is 1. The van der Waals surface area contributed by atoms with Crippen LogP contribution in [0.4, 0.5) is 0 Å². The van der Waals surface area contributed by atoms with Crippen molar-refractivity contribution in [1.29, 1.82) is 0 Å². The van der Waals surface area contributed by atoms with Gasteiger partial charge in [-0.05, 0) is 30.9 Å². The van der Waals surface area contributed by atoms with Crippen LogP contribution in [0.25, 0.3) is 0 Å². The highest BCUT2D eigenvalue weighted by molar-refractivity contribution is 5.87. The number of nitrogens with one attached hydrogen (secondary N) is 1. The molecule has 1 heterocycles. The second kappa shape index (κ2) is 13.3. The minimum Gasteiger partial charge on any atom is -0.481 e. The van der Waals surface area contributed by atoms with Crippen LogP contribution in [0.2, 0.25) is 0 Å². The quantitative estimate of drug-likeness (QED) is 0.355. The summed E-state index contributed by atoms with van der Waals surface area (Å²) in [5.41, 5.74) is 1.09. The number of pyridine rings is 1. The summed E-state index contributed by atoms with van der Waals surface area (Å²) in [5, 5.41) is 2.87. The number of aromatic nitrogens is 1. The van der Waals surface area contributed by atoms with Crippen molar-refractivity contribution in [1.82, 2.24) is 10.3 Å². The first-order valence-corrected chi connectivity index (χ1v) is 8.86. The van der Waals surface area contributed by atoms with Crippen molar-refractivity contribution < 1.29 is 9.53 Å². The monoisotopic (exact) mass is 330 g/mol. The molecule has 4 heteroatoms. The summed E-state index contributed by atoms with van der Waals surface area (Å²) in [7, 11) is 1.59. The fourth-order valence-electron chi connectivity index (χ4n) is 2.29. The molecular weight excluding hydrogens is 300 g/mol. The summed E-state index contributed by atoms with van der Waals surface area (Å²) in [5.74, 6) is 0.530. The van der Waals surface area contributed by atoms with Gasteiger partial charge >= 0.3 is 0 Å². The molecular formula is C20H30N2O2. The molecule has 0 atom stereocenters. The fraction of sp³-hybridized carbons (Fsp3) is 0.500. The van der Waals surface area contributed by atoms with Gasteiger partial charge in [-0.25, -0.2) is 4.98 Å². The Labute approximate surface area is 146 Å². The van der Waals surface area contributed by atoms with E-state index in [1.807, 2.05) is 18.2 Å². The number of methoxy groups -OCH3 is 1. The van der Waals surface area contributed by atoms with E-state index in [1.54, 1.807) is 25.5 Å². The van der Waals surface area contributed by atoms with Gasteiger partial charge in [0.25, 0.3) is 0 Å². The van der Waals surface area contributed by atoms with E-state index in [0.29, 0.717) is 12.4 Å². The Morgan fingerprint density at radius 1 is 1.25 bits per heavy atom. The van der Waals surface area contributed by atoms with Crippen LogP contribution in [0.15, 0.2) is 42.6 Å². The van der Waals surface area contributed by atoms with Crippen molar-refractivity contribution in [2.75, 3.05) is 13.7 Å². The lowest BCUT2D eigenvalue weighted by Gasteiger charge is -2.04. The molecule has 0 bridgehead atoms. The number of hydrogen-bond donors (Lipinski definition) is 1. The van der Waals surface area contributed by atoms with E-state index in [9.17, 15) is 4.79 Å². The van der Waals surface area contributed by atoms with Crippen LogP contribution < -0.4 is 10.1 Å². The lowest BCUT2D eigenvalue weighted by Crippen LogP contribution is -2.23. The predicted molar refractivity (Wildman–Crippen MR) is 99.2 cm³/mol. The molecule has 0 aliphatic carbocycles. The first-order chi connectivity index (χ1) is 11.8. The van der Waals surface area contributed by atoms with Crippen LogP contribution in [-0.2, 0) is 11.2 Å². The minimum atomic E-state index is -0.0661. The Bertz CT molecular complexity index is 524. The number of ether oxygens (including phenoxy) is 1. The van der Waals surface area contributed by atoms with Crippen LogP contribution in [0, 0.1) is 0 Å². The van der Waals surface area contributed by atoms with E-state index in [4.69, 9.17) is 4.74 Å². The maximum absolute atomic E-state index is 11.7. The molecule has 24 heavy (non-hydrogen) atoms. The minimum absolute atomic E-state index is 0.0661. The highest BCUT2D eigenvalue weighted by atomic mass is 16.5. The Balaban J connectivity index is 2.12. The van der Waals surface area contributed by atoms with Crippen molar-refractivity contribution in [2.24, 2.45) is 0 Å². The molecule has 4 nitrogen and oxygen atoms in total. The summed E-state index contributed by atoms with van der Waals surface area (Å²) in [6.07, 6.45) is 17.5. The predicted octanol–water partition coefficient (Wildman–Crippen LogP) is 4.22. The number of amides is 1. The lowest BCUT2D eigenvalue weighted by molar-refractivity contribution is -0.116. The van der Waals surface area contributed by atoms with Gasteiger partial charge in [0.1, 0.15) is 0 Å². The zero-order valence-electron chi connectivity index (χ0n) is 15.0. The number of carbonyl (C=O) groups is 1. The molecule has 1 rings (SSSR count). The average Bonchev–Trinajstić information content (AvgIpc) is 2.60. The van der Waals surface area contributed by atoms with Gasteiger partial charge in [0.15, 0.2) is 0 Å². The number of carbonyl (C=O) groups excluding carboxylic acids is 1. The molecule has 0 fully saturated rings. The first kappa shape index (κ1) is 19.9. The van der Waals surface area contributed by atoms with Crippen LogP contribution in [-0.4, -0.2) is 24.5 Å². The molecule has 0 aliphatic heterocycles. The number of unbranched alkanes of at least 4 members (excludes halogenated alkanes) is 5. The Morgan fingerprint density at radius 3 is 2.88 bits per heavy atom. The standard InChI is InChI=1S/C20H30N2O2/c1-3-4-5-6-7-8-9-10-11-12-19(23)21-15-13-18-14-16-22-20(17-18)24-2/h9-12,14,16-17H,3-8,13,15H2,1-2H3,(H,21,23)/b10-9+,12-11+. The van der Waals surface area contributed by atoms with E-state index < -0.39 is 0 Å². The zero-order chi connectivity index (χ0) is 17.5. The van der Waals surface area contributed by atoms with E-state index >= 15 is 0 Å². The third-order valence-electron chi connectivity index (χ3n) is 3.69. The highest BCUT2D eigenvalue weighted by Gasteiger charge is 1.98. The van der Waals surface area contributed by atoms with Gasteiger partial charge in [-0.2, -0.15) is 0 Å².